The second-order valence-electron chi connectivity index (χ2n) is 5.05. The van der Waals surface area contributed by atoms with Gasteiger partial charge in [0.15, 0.2) is 0 Å². The SMILES string of the molecule is O=c1n(CCc2ccccc2[N+](=O)[O-])ccn1C1CC1. The lowest BCUT2D eigenvalue weighted by Gasteiger charge is -2.03. The standard InChI is InChI=1S/C14H15N3O3/c18-14-15(9-10-16(14)12-5-6-12)8-7-11-3-1-2-4-13(11)17(19)20/h1-4,9-10,12H,5-8H2. The van der Waals surface area contributed by atoms with Gasteiger partial charge in [0, 0.05) is 36.6 Å². The van der Waals surface area contributed by atoms with Gasteiger partial charge in [-0.1, -0.05) is 18.2 Å². The quantitative estimate of drug-likeness (QED) is 0.619. The molecule has 2 aromatic rings. The van der Waals surface area contributed by atoms with Crippen molar-refractivity contribution in [1.29, 1.82) is 0 Å². The molecule has 1 aliphatic carbocycles. The fourth-order valence-electron chi connectivity index (χ4n) is 2.37. The van der Waals surface area contributed by atoms with E-state index in [0.29, 0.717) is 24.6 Å². The smallest absolute Gasteiger partial charge is 0.299 e. The molecule has 3 rings (SSSR count). The molecule has 0 amide bonds. The lowest BCUT2D eigenvalue weighted by atomic mass is 10.1. The fraction of sp³-hybridized carbons (Fsp3) is 0.357. The molecular formula is C14H15N3O3. The van der Waals surface area contributed by atoms with Crippen molar-refractivity contribution in [1.82, 2.24) is 9.13 Å². The largest absolute Gasteiger partial charge is 0.328 e. The fourth-order valence-corrected chi connectivity index (χ4v) is 2.37. The number of para-hydroxylation sites is 1. The van der Waals surface area contributed by atoms with E-state index in [-0.39, 0.29) is 16.3 Å². The predicted molar refractivity (Wildman–Crippen MR) is 73.8 cm³/mol. The molecular weight excluding hydrogens is 258 g/mol. The molecule has 0 spiro atoms. The topological polar surface area (TPSA) is 70.1 Å². The number of rotatable bonds is 5. The number of benzene rings is 1. The van der Waals surface area contributed by atoms with E-state index in [1.54, 1.807) is 39.7 Å². The number of nitro groups is 1. The molecule has 0 N–H and O–H groups in total. The zero-order chi connectivity index (χ0) is 14.1. The van der Waals surface area contributed by atoms with E-state index < -0.39 is 0 Å². The van der Waals surface area contributed by atoms with Crippen LogP contribution in [0, 0.1) is 10.1 Å². The number of nitrogens with zero attached hydrogens (tertiary/aromatic N) is 3. The van der Waals surface area contributed by atoms with Crippen molar-refractivity contribution in [3.8, 4) is 0 Å². The molecule has 0 bridgehead atoms. The van der Waals surface area contributed by atoms with Gasteiger partial charge in [-0.15, -0.1) is 0 Å². The maximum Gasteiger partial charge on any atom is 0.328 e. The second kappa shape index (κ2) is 4.96. The van der Waals surface area contributed by atoms with Gasteiger partial charge in [0.2, 0.25) is 0 Å². The van der Waals surface area contributed by atoms with Crippen LogP contribution in [0.15, 0.2) is 41.5 Å². The summed E-state index contributed by atoms with van der Waals surface area (Å²) in [7, 11) is 0. The van der Waals surface area contributed by atoms with Crippen molar-refractivity contribution >= 4 is 5.69 Å². The zero-order valence-corrected chi connectivity index (χ0v) is 10.9. The monoisotopic (exact) mass is 273 g/mol. The van der Waals surface area contributed by atoms with Crippen LogP contribution < -0.4 is 5.69 Å². The first kappa shape index (κ1) is 12.7. The first-order chi connectivity index (χ1) is 9.66. The molecule has 20 heavy (non-hydrogen) atoms. The Morgan fingerprint density at radius 3 is 2.70 bits per heavy atom. The normalized spacial score (nSPS) is 14.4. The van der Waals surface area contributed by atoms with E-state index in [1.165, 1.54) is 6.07 Å². The molecule has 6 heteroatoms. The van der Waals surface area contributed by atoms with E-state index in [2.05, 4.69) is 0 Å². The highest BCUT2D eigenvalue weighted by Gasteiger charge is 2.25. The van der Waals surface area contributed by atoms with Crippen LogP contribution in [-0.4, -0.2) is 14.1 Å². The summed E-state index contributed by atoms with van der Waals surface area (Å²) >= 11 is 0. The second-order valence-corrected chi connectivity index (χ2v) is 5.05. The van der Waals surface area contributed by atoms with E-state index in [9.17, 15) is 14.9 Å². The molecule has 1 saturated carbocycles. The molecule has 0 aliphatic heterocycles. The maximum atomic E-state index is 12.1. The van der Waals surface area contributed by atoms with Crippen molar-refractivity contribution in [2.75, 3.05) is 0 Å². The Morgan fingerprint density at radius 2 is 2.00 bits per heavy atom. The number of aromatic nitrogens is 2. The van der Waals surface area contributed by atoms with Crippen LogP contribution in [-0.2, 0) is 13.0 Å². The van der Waals surface area contributed by atoms with Crippen LogP contribution in [0.1, 0.15) is 24.4 Å². The van der Waals surface area contributed by atoms with Gasteiger partial charge in [-0.3, -0.25) is 19.2 Å². The Labute approximate surface area is 115 Å². The minimum Gasteiger partial charge on any atom is -0.299 e. The van der Waals surface area contributed by atoms with Crippen molar-refractivity contribution in [3.05, 3.63) is 62.8 Å². The van der Waals surface area contributed by atoms with Crippen molar-refractivity contribution in [3.63, 3.8) is 0 Å². The Balaban J connectivity index is 1.77. The predicted octanol–water partition coefficient (Wildman–Crippen LogP) is 2.14. The first-order valence-electron chi connectivity index (χ1n) is 6.66. The Morgan fingerprint density at radius 1 is 1.25 bits per heavy atom. The summed E-state index contributed by atoms with van der Waals surface area (Å²) in [6.45, 7) is 0.462. The molecule has 1 fully saturated rings. The summed E-state index contributed by atoms with van der Waals surface area (Å²) in [4.78, 5) is 22.6. The van der Waals surface area contributed by atoms with Crippen LogP contribution in [0.3, 0.4) is 0 Å². The lowest BCUT2D eigenvalue weighted by molar-refractivity contribution is -0.385. The highest BCUT2D eigenvalue weighted by molar-refractivity contribution is 5.39. The maximum absolute atomic E-state index is 12.1. The Hall–Kier alpha value is -2.37. The van der Waals surface area contributed by atoms with E-state index >= 15 is 0 Å². The molecule has 1 heterocycles. The summed E-state index contributed by atoms with van der Waals surface area (Å²) in [6, 6.07) is 7.02. The minimum absolute atomic E-state index is 0.0221. The highest BCUT2D eigenvalue weighted by Crippen LogP contribution is 2.33. The average Bonchev–Trinajstić information content (AvgIpc) is 3.21. The van der Waals surface area contributed by atoms with Crippen LogP contribution >= 0.6 is 0 Å². The van der Waals surface area contributed by atoms with Crippen LogP contribution in [0.5, 0.6) is 0 Å². The van der Waals surface area contributed by atoms with Crippen molar-refractivity contribution in [2.24, 2.45) is 0 Å². The van der Waals surface area contributed by atoms with Crippen LogP contribution in [0.25, 0.3) is 0 Å². The van der Waals surface area contributed by atoms with Gasteiger partial charge in [0.05, 0.1) is 4.92 Å². The van der Waals surface area contributed by atoms with Gasteiger partial charge in [-0.05, 0) is 19.3 Å². The van der Waals surface area contributed by atoms with E-state index in [0.717, 1.165) is 12.8 Å². The van der Waals surface area contributed by atoms with Gasteiger partial charge in [-0.2, -0.15) is 0 Å². The number of nitro benzene ring substituents is 1. The summed E-state index contributed by atoms with van der Waals surface area (Å²) < 4.78 is 3.37. The number of hydrogen-bond acceptors (Lipinski definition) is 3. The summed E-state index contributed by atoms with van der Waals surface area (Å²) in [5.41, 5.74) is 0.747. The molecule has 0 unspecified atom stereocenters. The lowest BCUT2D eigenvalue weighted by Crippen LogP contribution is -2.24. The minimum atomic E-state index is -0.381. The summed E-state index contributed by atoms with van der Waals surface area (Å²) in [5, 5.41) is 10.9. The van der Waals surface area contributed by atoms with Gasteiger partial charge in [0.1, 0.15) is 0 Å². The van der Waals surface area contributed by atoms with Crippen LogP contribution in [0.2, 0.25) is 0 Å². The molecule has 0 saturated heterocycles. The van der Waals surface area contributed by atoms with Crippen molar-refractivity contribution < 1.29 is 4.92 Å². The van der Waals surface area contributed by atoms with Gasteiger partial charge >= 0.3 is 5.69 Å². The van der Waals surface area contributed by atoms with E-state index in [4.69, 9.17) is 0 Å². The molecule has 1 aromatic carbocycles. The average molecular weight is 273 g/mol. The molecule has 0 atom stereocenters. The van der Waals surface area contributed by atoms with E-state index in [1.807, 2.05) is 0 Å². The molecule has 0 radical (unpaired) electrons. The number of imidazole rings is 1. The Bertz CT molecular complexity index is 698. The van der Waals surface area contributed by atoms with Gasteiger partial charge in [0.25, 0.3) is 5.69 Å². The summed E-state index contributed by atoms with van der Waals surface area (Å²) in [6.07, 6.45) is 6.17. The van der Waals surface area contributed by atoms with Gasteiger partial charge in [-0.25, -0.2) is 4.79 Å². The molecule has 1 aliphatic rings. The number of hydrogen-bond donors (Lipinski definition) is 0. The third-order valence-electron chi connectivity index (χ3n) is 3.62. The molecule has 1 aromatic heterocycles. The third kappa shape index (κ3) is 2.36. The van der Waals surface area contributed by atoms with Crippen molar-refractivity contribution in [2.45, 2.75) is 31.8 Å². The summed E-state index contributed by atoms with van der Waals surface area (Å²) in [5.74, 6) is 0. The number of aryl methyl sites for hydroxylation is 2. The highest BCUT2D eigenvalue weighted by atomic mass is 16.6. The zero-order valence-electron chi connectivity index (χ0n) is 10.9. The third-order valence-corrected chi connectivity index (χ3v) is 3.62. The molecule has 6 nitrogen and oxygen atoms in total. The first-order valence-corrected chi connectivity index (χ1v) is 6.66. The van der Waals surface area contributed by atoms with Gasteiger partial charge < -0.3 is 0 Å². The van der Waals surface area contributed by atoms with Crippen LogP contribution in [0.4, 0.5) is 5.69 Å². The Kier molecular flexibility index (Phi) is 3.14. The molecule has 104 valence electrons.